The largest absolute Gasteiger partial charge is 0.493 e. The lowest BCUT2D eigenvalue weighted by Gasteiger charge is -2.13. The maximum atomic E-state index is 5.63. The molecule has 0 aliphatic rings. The number of methoxy groups -OCH3 is 1. The van der Waals surface area contributed by atoms with E-state index in [1.165, 1.54) is 0 Å². The van der Waals surface area contributed by atoms with Crippen LogP contribution in [0.2, 0.25) is 0 Å². The Morgan fingerprint density at radius 3 is 2.44 bits per heavy atom. The van der Waals surface area contributed by atoms with Gasteiger partial charge in [0.2, 0.25) is 0 Å². The van der Waals surface area contributed by atoms with Gasteiger partial charge in [-0.05, 0) is 69.5 Å². The van der Waals surface area contributed by atoms with E-state index in [0.29, 0.717) is 0 Å². The van der Waals surface area contributed by atoms with E-state index in [9.17, 15) is 0 Å². The Morgan fingerprint density at radius 2 is 1.94 bits per heavy atom. The molecule has 0 spiro atoms. The van der Waals surface area contributed by atoms with Crippen LogP contribution < -0.4 is 9.47 Å². The van der Waals surface area contributed by atoms with E-state index in [1.54, 1.807) is 7.11 Å². The highest BCUT2D eigenvalue weighted by Crippen LogP contribution is 2.30. The molecule has 0 fully saturated rings. The molecule has 0 radical (unpaired) electrons. The van der Waals surface area contributed by atoms with Crippen molar-refractivity contribution in [2.24, 2.45) is 0 Å². The summed E-state index contributed by atoms with van der Waals surface area (Å²) in [5.41, 5.74) is 1.04. The van der Waals surface area contributed by atoms with Crippen LogP contribution in [-0.4, -0.2) is 13.2 Å². The molecule has 0 bridgehead atoms. The third-order valence-electron chi connectivity index (χ3n) is 1.83. The molecule has 0 amide bonds. The summed E-state index contributed by atoms with van der Waals surface area (Å²) in [7, 11) is 1.64. The van der Waals surface area contributed by atoms with Gasteiger partial charge in [-0.2, -0.15) is 0 Å². The molecule has 0 saturated carbocycles. The van der Waals surface area contributed by atoms with Crippen molar-refractivity contribution < 1.29 is 9.47 Å². The number of halogens is 2. The zero-order chi connectivity index (χ0) is 12.1. The highest BCUT2D eigenvalue weighted by atomic mass is 79.9. The molecule has 0 aliphatic carbocycles. The molecule has 2 nitrogen and oxygen atoms in total. The number of benzene rings is 1. The van der Waals surface area contributed by atoms with Gasteiger partial charge in [-0.1, -0.05) is 6.07 Å². The topological polar surface area (TPSA) is 18.5 Å². The van der Waals surface area contributed by atoms with E-state index < -0.39 is 0 Å². The van der Waals surface area contributed by atoms with Crippen LogP contribution in [0.5, 0.6) is 11.5 Å². The standard InChI is InChI=1S/C12H14Br2O2/c1-8(2)16-10-5-4-9(7-12(13)14)6-11(10)15-3/h4-8H,1-3H3. The molecular formula is C12H14Br2O2. The van der Waals surface area contributed by atoms with Gasteiger partial charge < -0.3 is 9.47 Å². The maximum absolute atomic E-state index is 5.63. The lowest BCUT2D eigenvalue weighted by molar-refractivity contribution is 0.230. The van der Waals surface area contributed by atoms with E-state index in [-0.39, 0.29) is 6.10 Å². The van der Waals surface area contributed by atoms with Gasteiger partial charge in [-0.3, -0.25) is 0 Å². The van der Waals surface area contributed by atoms with Gasteiger partial charge >= 0.3 is 0 Å². The Labute approximate surface area is 113 Å². The molecule has 0 unspecified atom stereocenters. The van der Waals surface area contributed by atoms with Gasteiger partial charge in [-0.25, -0.2) is 0 Å². The van der Waals surface area contributed by atoms with Crippen molar-refractivity contribution in [1.82, 2.24) is 0 Å². The van der Waals surface area contributed by atoms with Crippen LogP contribution in [0.4, 0.5) is 0 Å². The van der Waals surface area contributed by atoms with Crippen LogP contribution in [0.1, 0.15) is 19.4 Å². The molecular weight excluding hydrogens is 336 g/mol. The molecule has 0 heterocycles. The first-order valence-corrected chi connectivity index (χ1v) is 6.49. The highest BCUT2D eigenvalue weighted by molar-refractivity contribution is 9.28. The van der Waals surface area contributed by atoms with Gasteiger partial charge in [0, 0.05) is 0 Å². The molecule has 0 N–H and O–H groups in total. The first kappa shape index (κ1) is 13.6. The minimum atomic E-state index is 0.137. The summed E-state index contributed by atoms with van der Waals surface area (Å²) in [6.07, 6.45) is 2.08. The third-order valence-corrected chi connectivity index (χ3v) is 2.28. The van der Waals surface area contributed by atoms with E-state index in [2.05, 4.69) is 31.9 Å². The Kier molecular flexibility index (Phi) is 5.35. The fraction of sp³-hybridized carbons (Fsp3) is 0.333. The van der Waals surface area contributed by atoms with Crippen molar-refractivity contribution in [1.29, 1.82) is 0 Å². The third kappa shape index (κ3) is 4.18. The van der Waals surface area contributed by atoms with Gasteiger partial charge in [0.15, 0.2) is 11.5 Å². The second-order valence-corrected chi connectivity index (χ2v) is 6.28. The van der Waals surface area contributed by atoms with Crippen molar-refractivity contribution in [2.45, 2.75) is 20.0 Å². The quantitative estimate of drug-likeness (QED) is 0.792. The van der Waals surface area contributed by atoms with Crippen LogP contribution in [-0.2, 0) is 0 Å². The Bertz CT molecular complexity index is 383. The number of hydrogen-bond acceptors (Lipinski definition) is 2. The van der Waals surface area contributed by atoms with Gasteiger partial charge in [-0.15, -0.1) is 0 Å². The molecule has 1 aromatic carbocycles. The summed E-state index contributed by atoms with van der Waals surface area (Å²) in [5, 5.41) is 0. The molecule has 16 heavy (non-hydrogen) atoms. The predicted molar refractivity (Wildman–Crippen MR) is 74.6 cm³/mol. The number of ether oxygens (including phenoxy) is 2. The van der Waals surface area contributed by atoms with Crippen molar-refractivity contribution in [2.75, 3.05) is 7.11 Å². The van der Waals surface area contributed by atoms with Crippen LogP contribution in [0.15, 0.2) is 21.6 Å². The Balaban J connectivity index is 3.02. The van der Waals surface area contributed by atoms with Gasteiger partial charge in [0.25, 0.3) is 0 Å². The van der Waals surface area contributed by atoms with Crippen molar-refractivity contribution in [3.8, 4) is 11.5 Å². The minimum absolute atomic E-state index is 0.137. The summed E-state index contributed by atoms with van der Waals surface area (Å²) in [6, 6.07) is 5.82. The first-order valence-electron chi connectivity index (χ1n) is 4.90. The maximum Gasteiger partial charge on any atom is 0.161 e. The Hall–Kier alpha value is -0.480. The predicted octanol–water partition coefficient (Wildman–Crippen LogP) is 4.57. The summed E-state index contributed by atoms with van der Waals surface area (Å²) >= 11 is 6.64. The van der Waals surface area contributed by atoms with Crippen molar-refractivity contribution in [3.63, 3.8) is 0 Å². The molecule has 4 heteroatoms. The van der Waals surface area contributed by atoms with E-state index in [4.69, 9.17) is 9.47 Å². The van der Waals surface area contributed by atoms with E-state index >= 15 is 0 Å². The molecule has 0 aromatic heterocycles. The van der Waals surface area contributed by atoms with Crippen LogP contribution in [0.25, 0.3) is 6.08 Å². The SMILES string of the molecule is COc1cc(C=C(Br)Br)ccc1OC(C)C. The average molecular weight is 350 g/mol. The lowest BCUT2D eigenvalue weighted by atomic mass is 10.2. The van der Waals surface area contributed by atoms with Gasteiger partial charge in [0.05, 0.1) is 16.6 Å². The normalized spacial score (nSPS) is 10.1. The summed E-state index contributed by atoms with van der Waals surface area (Å²) in [4.78, 5) is 0. The minimum Gasteiger partial charge on any atom is -0.493 e. The molecule has 0 saturated heterocycles. The monoisotopic (exact) mass is 348 g/mol. The average Bonchev–Trinajstić information content (AvgIpc) is 2.18. The molecule has 0 aliphatic heterocycles. The first-order chi connectivity index (χ1) is 7.52. The van der Waals surface area contributed by atoms with Crippen molar-refractivity contribution >= 4 is 37.9 Å². The van der Waals surface area contributed by atoms with Crippen molar-refractivity contribution in [3.05, 3.63) is 27.2 Å². The summed E-state index contributed by atoms with van der Waals surface area (Å²) in [6.45, 7) is 3.98. The van der Waals surface area contributed by atoms with E-state index in [1.807, 2.05) is 38.1 Å². The van der Waals surface area contributed by atoms with Crippen LogP contribution in [0.3, 0.4) is 0 Å². The van der Waals surface area contributed by atoms with Gasteiger partial charge in [0.1, 0.15) is 0 Å². The Morgan fingerprint density at radius 1 is 1.25 bits per heavy atom. The zero-order valence-corrected chi connectivity index (χ0v) is 12.6. The second kappa shape index (κ2) is 6.30. The van der Waals surface area contributed by atoms with Crippen LogP contribution >= 0.6 is 31.9 Å². The number of hydrogen-bond donors (Lipinski definition) is 0. The zero-order valence-electron chi connectivity index (χ0n) is 9.46. The second-order valence-electron chi connectivity index (χ2n) is 3.51. The van der Waals surface area contributed by atoms with E-state index in [0.717, 1.165) is 20.5 Å². The molecule has 88 valence electrons. The molecule has 1 aromatic rings. The highest BCUT2D eigenvalue weighted by Gasteiger charge is 2.06. The fourth-order valence-electron chi connectivity index (χ4n) is 1.25. The summed E-state index contributed by atoms with van der Waals surface area (Å²) < 4.78 is 11.8. The molecule has 0 atom stereocenters. The smallest absolute Gasteiger partial charge is 0.161 e. The molecule has 1 rings (SSSR count). The summed E-state index contributed by atoms with van der Waals surface area (Å²) in [5.74, 6) is 1.50. The fourth-order valence-corrected chi connectivity index (χ4v) is 1.78. The lowest BCUT2D eigenvalue weighted by Crippen LogP contribution is -2.06. The number of rotatable bonds is 4. The van der Waals surface area contributed by atoms with Crippen LogP contribution in [0, 0.1) is 0 Å².